The van der Waals surface area contributed by atoms with E-state index in [-0.39, 0.29) is 0 Å². The fraction of sp³-hybridized carbons (Fsp3) is 0. The number of hydrogen-bond donors (Lipinski definition) is 0. The summed E-state index contributed by atoms with van der Waals surface area (Å²) in [4.78, 5) is 29.5. The van der Waals surface area contributed by atoms with Gasteiger partial charge in [-0.3, -0.25) is 0 Å². The van der Waals surface area contributed by atoms with Gasteiger partial charge in [0.25, 0.3) is 0 Å². The van der Waals surface area contributed by atoms with Gasteiger partial charge in [0, 0.05) is 66.3 Å². The zero-order valence-electron chi connectivity index (χ0n) is 53.2. The average molecular weight is 1250 g/mol. The smallest absolute Gasteiger partial charge is 0.164 e. The molecule has 0 atom stereocenters. The van der Waals surface area contributed by atoms with Crippen molar-refractivity contribution in [2.24, 2.45) is 0 Å². The van der Waals surface area contributed by atoms with E-state index in [4.69, 9.17) is 29.9 Å². The van der Waals surface area contributed by atoms with Gasteiger partial charge in [-0.15, -0.1) is 0 Å². The molecule has 8 nitrogen and oxygen atoms in total. The Kier molecular flexibility index (Phi) is 15.5. The summed E-state index contributed by atoms with van der Waals surface area (Å²) in [6.07, 6.45) is 0. The van der Waals surface area contributed by atoms with Gasteiger partial charge in [-0.05, 0) is 123 Å². The standard InChI is InChI=1S/C51H34N4.C39H26N4/c1-4-15-35(16-5-1)49-52-50(36-17-6-2-7-18-36)54-51(53-49)43-24-14-23-41(33-43)39-21-12-19-37(31-39)38-20-13-22-40(32-38)42-29-30-48-46(34-42)45-27-10-11-28-47(45)55(48)44-25-8-3-9-26-44;1-4-13-27(14-5-1)37-40-38(28-15-6-2-7-16-28)42-39(41-37)31-18-12-17-29(25-31)30-23-24-34-33-21-10-11-22-35(33)43(36(34)26-30)32-19-8-3-9-20-32/h1-34H;1-26H. The minimum absolute atomic E-state index is 0.641. The van der Waals surface area contributed by atoms with Gasteiger partial charge in [-0.25, -0.2) is 29.9 Å². The second-order valence-electron chi connectivity index (χ2n) is 24.2. The van der Waals surface area contributed by atoms with E-state index in [0.29, 0.717) is 34.9 Å². The number of fused-ring (bicyclic) bond motifs is 6. The molecule has 0 aliphatic rings. The Morgan fingerprint density at radius 1 is 0.143 bits per heavy atom. The molecule has 8 heteroatoms. The van der Waals surface area contributed by atoms with Gasteiger partial charge in [-0.2, -0.15) is 0 Å². The molecule has 0 fully saturated rings. The van der Waals surface area contributed by atoms with Crippen LogP contribution in [0.1, 0.15) is 0 Å². The second-order valence-corrected chi connectivity index (χ2v) is 24.2. The lowest BCUT2D eigenvalue weighted by Crippen LogP contribution is -2.00. The third-order valence-corrected chi connectivity index (χ3v) is 18.1. The van der Waals surface area contributed by atoms with E-state index >= 15 is 0 Å². The molecule has 14 aromatic carbocycles. The Morgan fingerprint density at radius 2 is 0.388 bits per heavy atom. The van der Waals surface area contributed by atoms with Crippen LogP contribution in [-0.2, 0) is 0 Å². The van der Waals surface area contributed by atoms with Crippen LogP contribution in [0.2, 0.25) is 0 Å². The topological polar surface area (TPSA) is 87.2 Å². The molecule has 0 N–H and O–H groups in total. The lowest BCUT2D eigenvalue weighted by Gasteiger charge is -2.11. The highest BCUT2D eigenvalue weighted by molar-refractivity contribution is 6.11. The molecular weight excluding hydrogens is 1190 g/mol. The molecule has 18 rings (SSSR count). The van der Waals surface area contributed by atoms with E-state index in [1.54, 1.807) is 0 Å². The molecule has 0 saturated heterocycles. The Balaban J connectivity index is 0.000000152. The SMILES string of the molecule is c1ccc(-c2nc(-c3ccccc3)nc(-c3cccc(-c4ccc5c6ccccc6n(-c6ccccc6)c5c4)c3)n2)cc1.c1ccc(-c2nc(-c3ccccc3)nc(-c3cccc(-c4cccc(-c5cccc(-c6ccc7c(c6)c6ccccc6n7-c6ccccc6)c5)c4)c3)n2)cc1. The van der Waals surface area contributed by atoms with E-state index in [1.165, 1.54) is 60.3 Å². The minimum Gasteiger partial charge on any atom is -0.309 e. The normalized spacial score (nSPS) is 11.3. The Hall–Kier alpha value is -13.3. The third-order valence-electron chi connectivity index (χ3n) is 18.1. The lowest BCUT2D eigenvalue weighted by atomic mass is 9.95. The van der Waals surface area contributed by atoms with E-state index in [2.05, 4.69) is 252 Å². The van der Waals surface area contributed by atoms with Crippen LogP contribution in [0.3, 0.4) is 0 Å². The van der Waals surface area contributed by atoms with E-state index < -0.39 is 0 Å². The van der Waals surface area contributed by atoms with Crippen LogP contribution in [0.25, 0.3) is 168 Å². The summed E-state index contributed by atoms with van der Waals surface area (Å²) in [7, 11) is 0. The summed E-state index contributed by atoms with van der Waals surface area (Å²) in [6.45, 7) is 0. The van der Waals surface area contributed by atoms with E-state index in [1.807, 2.05) is 121 Å². The van der Waals surface area contributed by atoms with Crippen molar-refractivity contribution in [2.75, 3.05) is 0 Å². The molecule has 4 heterocycles. The summed E-state index contributed by atoms with van der Waals surface area (Å²) < 4.78 is 4.71. The predicted octanol–water partition coefficient (Wildman–Crippen LogP) is 22.6. The molecule has 18 aromatic rings. The molecule has 0 unspecified atom stereocenters. The first-order valence-electron chi connectivity index (χ1n) is 32.9. The van der Waals surface area contributed by atoms with Crippen LogP contribution in [-0.4, -0.2) is 39.0 Å². The van der Waals surface area contributed by atoms with Crippen molar-refractivity contribution in [1.29, 1.82) is 0 Å². The molecule has 0 spiro atoms. The Labute approximate surface area is 567 Å². The molecule has 0 saturated carbocycles. The van der Waals surface area contributed by atoms with Crippen LogP contribution in [0.15, 0.2) is 364 Å². The van der Waals surface area contributed by atoms with Crippen molar-refractivity contribution in [3.8, 4) is 124 Å². The molecule has 460 valence electrons. The average Bonchev–Trinajstić information content (AvgIpc) is 1.60. The molecule has 0 aliphatic heterocycles. The van der Waals surface area contributed by atoms with Crippen molar-refractivity contribution >= 4 is 43.6 Å². The van der Waals surface area contributed by atoms with Crippen LogP contribution < -0.4 is 0 Å². The maximum atomic E-state index is 4.97. The van der Waals surface area contributed by atoms with Gasteiger partial charge in [0.15, 0.2) is 34.9 Å². The van der Waals surface area contributed by atoms with Crippen LogP contribution in [0.5, 0.6) is 0 Å². The lowest BCUT2D eigenvalue weighted by molar-refractivity contribution is 1.07. The molecule has 0 aliphatic carbocycles. The summed E-state index contributed by atoms with van der Waals surface area (Å²) in [5, 5.41) is 4.97. The summed E-state index contributed by atoms with van der Waals surface area (Å²) in [5.74, 6) is 3.90. The van der Waals surface area contributed by atoms with Gasteiger partial charge in [0.1, 0.15) is 0 Å². The van der Waals surface area contributed by atoms with Gasteiger partial charge >= 0.3 is 0 Å². The molecular formula is C90H60N8. The molecule has 0 amide bonds. The summed E-state index contributed by atoms with van der Waals surface area (Å²) in [5.41, 5.74) is 21.9. The highest BCUT2D eigenvalue weighted by atomic mass is 15.0. The van der Waals surface area contributed by atoms with Crippen LogP contribution in [0, 0.1) is 0 Å². The Morgan fingerprint density at radius 3 is 0.776 bits per heavy atom. The van der Waals surface area contributed by atoms with Crippen LogP contribution >= 0.6 is 0 Å². The third kappa shape index (κ3) is 11.5. The molecule has 98 heavy (non-hydrogen) atoms. The summed E-state index contributed by atoms with van der Waals surface area (Å²) in [6, 6.07) is 127. The van der Waals surface area contributed by atoms with E-state index in [0.717, 1.165) is 72.6 Å². The minimum atomic E-state index is 0.641. The van der Waals surface area contributed by atoms with Crippen molar-refractivity contribution in [3.63, 3.8) is 0 Å². The van der Waals surface area contributed by atoms with Gasteiger partial charge in [-0.1, -0.05) is 285 Å². The number of aromatic nitrogens is 8. The maximum absolute atomic E-state index is 4.97. The highest BCUT2D eigenvalue weighted by Crippen LogP contribution is 2.39. The van der Waals surface area contributed by atoms with Crippen LogP contribution in [0.4, 0.5) is 0 Å². The number of benzene rings is 14. The highest BCUT2D eigenvalue weighted by Gasteiger charge is 2.19. The van der Waals surface area contributed by atoms with Gasteiger partial charge in [0.05, 0.1) is 22.1 Å². The molecule has 0 radical (unpaired) electrons. The van der Waals surface area contributed by atoms with Gasteiger partial charge in [0.2, 0.25) is 0 Å². The number of hydrogen-bond acceptors (Lipinski definition) is 6. The maximum Gasteiger partial charge on any atom is 0.164 e. The molecule has 4 aromatic heterocycles. The predicted molar refractivity (Wildman–Crippen MR) is 403 cm³/mol. The largest absolute Gasteiger partial charge is 0.309 e. The second kappa shape index (κ2) is 25.9. The number of para-hydroxylation sites is 4. The summed E-state index contributed by atoms with van der Waals surface area (Å²) >= 11 is 0. The zero-order valence-corrected chi connectivity index (χ0v) is 53.2. The van der Waals surface area contributed by atoms with Crippen molar-refractivity contribution in [1.82, 2.24) is 39.0 Å². The fourth-order valence-electron chi connectivity index (χ4n) is 13.3. The van der Waals surface area contributed by atoms with Crippen molar-refractivity contribution in [3.05, 3.63) is 364 Å². The zero-order chi connectivity index (χ0) is 65.1. The monoisotopic (exact) mass is 1250 g/mol. The fourth-order valence-corrected chi connectivity index (χ4v) is 13.3. The Bertz CT molecular complexity index is 5800. The van der Waals surface area contributed by atoms with E-state index in [9.17, 15) is 0 Å². The number of nitrogens with zero attached hydrogens (tertiary/aromatic N) is 8. The van der Waals surface area contributed by atoms with Crippen molar-refractivity contribution in [2.45, 2.75) is 0 Å². The first-order valence-corrected chi connectivity index (χ1v) is 32.9. The van der Waals surface area contributed by atoms with Gasteiger partial charge < -0.3 is 9.13 Å². The number of rotatable bonds is 12. The molecule has 0 bridgehead atoms. The van der Waals surface area contributed by atoms with Crippen molar-refractivity contribution < 1.29 is 0 Å². The quantitative estimate of drug-likeness (QED) is 0.121. The first kappa shape index (κ1) is 58.5. The first-order chi connectivity index (χ1) is 48.6.